The molecular formula is C15H19N3OS. The molecule has 1 heterocycles. The fraction of sp³-hybridized carbons (Fsp3) is 0.333. The van der Waals surface area contributed by atoms with Crippen LogP contribution in [0.3, 0.4) is 0 Å². The van der Waals surface area contributed by atoms with E-state index in [1.807, 2.05) is 30.4 Å². The van der Waals surface area contributed by atoms with Crippen molar-refractivity contribution in [2.24, 2.45) is 0 Å². The Morgan fingerprint density at radius 2 is 2.05 bits per heavy atom. The number of hydrogen-bond acceptors (Lipinski definition) is 5. The Morgan fingerprint density at radius 1 is 1.25 bits per heavy atom. The van der Waals surface area contributed by atoms with E-state index >= 15 is 0 Å². The van der Waals surface area contributed by atoms with Gasteiger partial charge in [0.05, 0.1) is 6.54 Å². The van der Waals surface area contributed by atoms with Crippen LogP contribution >= 0.6 is 11.3 Å². The van der Waals surface area contributed by atoms with E-state index in [0.717, 1.165) is 17.1 Å². The van der Waals surface area contributed by atoms with Crippen LogP contribution in [0.4, 0.5) is 0 Å². The number of hydrogen-bond donors (Lipinski definition) is 1. The predicted octanol–water partition coefficient (Wildman–Crippen LogP) is 3.13. The highest BCUT2D eigenvalue weighted by molar-refractivity contribution is 7.13. The molecule has 106 valence electrons. The zero-order chi connectivity index (χ0) is 14.2. The van der Waals surface area contributed by atoms with Crippen LogP contribution in [-0.4, -0.2) is 22.8 Å². The predicted molar refractivity (Wildman–Crippen MR) is 82.9 cm³/mol. The lowest BCUT2D eigenvalue weighted by Gasteiger charge is -2.03. The van der Waals surface area contributed by atoms with Gasteiger partial charge in [0.15, 0.2) is 0 Å². The summed E-state index contributed by atoms with van der Waals surface area (Å²) in [6.07, 6.45) is 4.00. The summed E-state index contributed by atoms with van der Waals surface area (Å²) >= 11 is 1.48. The molecule has 1 aromatic heterocycles. The number of nitrogens with one attached hydrogen (secondary N) is 1. The third-order valence-electron chi connectivity index (χ3n) is 2.52. The molecule has 0 bridgehead atoms. The van der Waals surface area contributed by atoms with Crippen molar-refractivity contribution in [1.82, 2.24) is 15.5 Å². The molecule has 0 aliphatic rings. The maximum absolute atomic E-state index is 5.55. The van der Waals surface area contributed by atoms with E-state index in [4.69, 9.17) is 4.74 Å². The zero-order valence-corrected chi connectivity index (χ0v) is 12.6. The van der Waals surface area contributed by atoms with Gasteiger partial charge in [0.2, 0.25) is 0 Å². The van der Waals surface area contributed by atoms with Crippen LogP contribution in [-0.2, 0) is 6.54 Å². The van der Waals surface area contributed by atoms with Crippen LogP contribution in [0.5, 0.6) is 5.19 Å². The van der Waals surface area contributed by atoms with E-state index in [2.05, 4.69) is 41.5 Å². The summed E-state index contributed by atoms with van der Waals surface area (Å²) in [5.74, 6) is 0. The maximum atomic E-state index is 5.55. The summed E-state index contributed by atoms with van der Waals surface area (Å²) in [6.45, 7) is 5.44. The van der Waals surface area contributed by atoms with E-state index in [1.165, 1.54) is 11.3 Å². The Bertz CT molecular complexity index is 537. The van der Waals surface area contributed by atoms with E-state index in [1.54, 1.807) is 0 Å². The Balaban J connectivity index is 1.75. The molecule has 4 nitrogen and oxygen atoms in total. The highest BCUT2D eigenvalue weighted by Gasteiger charge is 2.04. The second-order valence-electron chi connectivity index (χ2n) is 4.62. The van der Waals surface area contributed by atoms with Crippen molar-refractivity contribution in [3.05, 3.63) is 47.0 Å². The molecule has 5 heteroatoms. The Kier molecular flexibility index (Phi) is 5.70. The van der Waals surface area contributed by atoms with Crippen molar-refractivity contribution in [3.8, 4) is 5.19 Å². The van der Waals surface area contributed by atoms with E-state index < -0.39 is 0 Å². The van der Waals surface area contributed by atoms with Crippen molar-refractivity contribution < 1.29 is 4.74 Å². The van der Waals surface area contributed by atoms with Gasteiger partial charge in [0.1, 0.15) is 11.6 Å². The monoisotopic (exact) mass is 289 g/mol. The number of benzene rings is 1. The molecular weight excluding hydrogens is 270 g/mol. The summed E-state index contributed by atoms with van der Waals surface area (Å²) < 4.78 is 5.55. The summed E-state index contributed by atoms with van der Waals surface area (Å²) in [5, 5.41) is 13.0. The molecule has 0 spiro atoms. The topological polar surface area (TPSA) is 47.0 Å². The molecule has 20 heavy (non-hydrogen) atoms. The molecule has 0 aliphatic carbocycles. The fourth-order valence-corrected chi connectivity index (χ4v) is 2.17. The molecule has 0 saturated carbocycles. The number of nitrogens with zero attached hydrogens (tertiary/aromatic N) is 2. The molecule has 0 atom stereocenters. The van der Waals surface area contributed by atoms with Crippen LogP contribution in [0, 0.1) is 0 Å². The molecule has 0 aliphatic heterocycles. The third-order valence-corrected chi connectivity index (χ3v) is 3.36. The van der Waals surface area contributed by atoms with Gasteiger partial charge in [-0.25, -0.2) is 0 Å². The lowest BCUT2D eigenvalue weighted by atomic mass is 10.2. The number of ether oxygens (including phenoxy) is 1. The number of rotatable bonds is 7. The van der Waals surface area contributed by atoms with Gasteiger partial charge in [-0.1, -0.05) is 66.7 Å². The molecule has 0 saturated heterocycles. The van der Waals surface area contributed by atoms with Gasteiger partial charge in [-0.15, -0.1) is 5.10 Å². The summed E-state index contributed by atoms with van der Waals surface area (Å²) in [7, 11) is 0. The quantitative estimate of drug-likeness (QED) is 0.850. The SMILES string of the molecule is CC(C)NCc1nnc(OC/C=C/c2ccccc2)s1. The Hall–Kier alpha value is -1.72. The van der Waals surface area contributed by atoms with Crippen molar-refractivity contribution >= 4 is 17.4 Å². The summed E-state index contributed by atoms with van der Waals surface area (Å²) in [6, 6.07) is 10.6. The van der Waals surface area contributed by atoms with Gasteiger partial charge in [0.25, 0.3) is 5.19 Å². The highest BCUT2D eigenvalue weighted by atomic mass is 32.1. The van der Waals surface area contributed by atoms with Crippen LogP contribution < -0.4 is 10.1 Å². The minimum atomic E-state index is 0.442. The molecule has 1 N–H and O–H groups in total. The molecule has 1 aromatic carbocycles. The van der Waals surface area contributed by atoms with Crippen molar-refractivity contribution in [1.29, 1.82) is 0 Å². The molecule has 2 aromatic rings. The number of aromatic nitrogens is 2. The van der Waals surface area contributed by atoms with Gasteiger partial charge in [-0.2, -0.15) is 0 Å². The molecule has 0 radical (unpaired) electrons. The average molecular weight is 289 g/mol. The zero-order valence-electron chi connectivity index (χ0n) is 11.7. The lowest BCUT2D eigenvalue weighted by molar-refractivity contribution is 0.358. The molecule has 2 rings (SSSR count). The largest absolute Gasteiger partial charge is 0.465 e. The molecule has 0 unspecified atom stereocenters. The minimum absolute atomic E-state index is 0.442. The second kappa shape index (κ2) is 7.77. The van der Waals surface area contributed by atoms with Crippen LogP contribution in [0.2, 0.25) is 0 Å². The van der Waals surface area contributed by atoms with Crippen LogP contribution in [0.1, 0.15) is 24.4 Å². The van der Waals surface area contributed by atoms with Crippen LogP contribution in [0.25, 0.3) is 6.08 Å². The van der Waals surface area contributed by atoms with Gasteiger partial charge in [0, 0.05) is 6.04 Å². The van der Waals surface area contributed by atoms with E-state index in [-0.39, 0.29) is 0 Å². The first-order valence-electron chi connectivity index (χ1n) is 6.64. The third kappa shape index (κ3) is 5.11. The Morgan fingerprint density at radius 3 is 2.80 bits per heavy atom. The molecule has 0 fully saturated rings. The Labute approximate surface area is 123 Å². The highest BCUT2D eigenvalue weighted by Crippen LogP contribution is 2.17. The maximum Gasteiger partial charge on any atom is 0.294 e. The first kappa shape index (κ1) is 14.7. The van der Waals surface area contributed by atoms with Crippen molar-refractivity contribution in [2.75, 3.05) is 6.61 Å². The van der Waals surface area contributed by atoms with Gasteiger partial charge in [-0.05, 0) is 11.6 Å². The normalized spacial score (nSPS) is 11.3. The van der Waals surface area contributed by atoms with Crippen molar-refractivity contribution in [3.63, 3.8) is 0 Å². The summed E-state index contributed by atoms with van der Waals surface area (Å²) in [4.78, 5) is 0. The first-order chi connectivity index (χ1) is 9.74. The van der Waals surface area contributed by atoms with E-state index in [9.17, 15) is 0 Å². The van der Waals surface area contributed by atoms with Gasteiger partial charge < -0.3 is 10.1 Å². The average Bonchev–Trinajstić information content (AvgIpc) is 2.90. The van der Waals surface area contributed by atoms with Gasteiger partial charge in [-0.3, -0.25) is 0 Å². The fourth-order valence-electron chi connectivity index (χ4n) is 1.53. The molecule has 0 amide bonds. The summed E-state index contributed by atoms with van der Waals surface area (Å²) in [5.41, 5.74) is 1.16. The first-order valence-corrected chi connectivity index (χ1v) is 7.46. The minimum Gasteiger partial charge on any atom is -0.465 e. The van der Waals surface area contributed by atoms with Crippen molar-refractivity contribution in [2.45, 2.75) is 26.4 Å². The van der Waals surface area contributed by atoms with Gasteiger partial charge >= 0.3 is 0 Å². The lowest BCUT2D eigenvalue weighted by Crippen LogP contribution is -2.21. The smallest absolute Gasteiger partial charge is 0.294 e. The second-order valence-corrected chi connectivity index (χ2v) is 5.65. The standard InChI is InChI=1S/C15H19N3OS/c1-12(2)16-11-14-17-18-15(20-14)19-10-6-9-13-7-4-3-5-8-13/h3-9,12,16H,10-11H2,1-2H3/b9-6+. The van der Waals surface area contributed by atoms with Crippen LogP contribution in [0.15, 0.2) is 36.4 Å². The van der Waals surface area contributed by atoms with E-state index in [0.29, 0.717) is 17.8 Å².